The molecule has 7 nitrogen and oxygen atoms in total. The fraction of sp³-hybridized carbons (Fsp3) is 0.444. The van der Waals surface area contributed by atoms with Crippen LogP contribution in [-0.2, 0) is 9.59 Å². The van der Waals surface area contributed by atoms with E-state index < -0.39 is 6.04 Å². The van der Waals surface area contributed by atoms with Gasteiger partial charge in [0.2, 0.25) is 11.8 Å². The second-order valence-electron chi connectivity index (χ2n) is 9.12. The molecule has 0 unspecified atom stereocenters. The van der Waals surface area contributed by atoms with Gasteiger partial charge in [-0.15, -0.1) is 0 Å². The molecule has 2 atom stereocenters. The predicted octanol–water partition coefficient (Wildman–Crippen LogP) is 3.23. The minimum Gasteiger partial charge on any atom is -0.340 e. The van der Waals surface area contributed by atoms with Crippen molar-refractivity contribution in [2.75, 3.05) is 38.0 Å². The quantitative estimate of drug-likeness (QED) is 0.629. The average Bonchev–Trinajstić information content (AvgIpc) is 2.85. The molecule has 3 amide bonds. The first-order chi connectivity index (χ1) is 16.3. The molecule has 0 bridgehead atoms. The second-order valence-corrected chi connectivity index (χ2v) is 9.12. The Morgan fingerprint density at radius 1 is 0.912 bits per heavy atom. The Balaban J connectivity index is 1.55. The van der Waals surface area contributed by atoms with Crippen molar-refractivity contribution in [1.29, 1.82) is 0 Å². The summed E-state index contributed by atoms with van der Waals surface area (Å²) in [5, 5.41) is 5.98. The highest BCUT2D eigenvalue weighted by molar-refractivity contribution is 5.97. The van der Waals surface area contributed by atoms with Gasteiger partial charge >= 0.3 is 0 Å². The van der Waals surface area contributed by atoms with Gasteiger partial charge < -0.3 is 15.5 Å². The number of carbonyl (C=O) groups is 3. The Kier molecular flexibility index (Phi) is 8.82. The number of amides is 3. The van der Waals surface area contributed by atoms with Gasteiger partial charge in [-0.3, -0.25) is 19.3 Å². The molecule has 7 heteroatoms. The molecule has 0 radical (unpaired) electrons. The van der Waals surface area contributed by atoms with Crippen molar-refractivity contribution in [3.63, 3.8) is 0 Å². The van der Waals surface area contributed by atoms with Crippen LogP contribution in [0.2, 0.25) is 0 Å². The third-order valence-corrected chi connectivity index (χ3v) is 6.60. The van der Waals surface area contributed by atoms with Crippen molar-refractivity contribution in [2.24, 2.45) is 5.92 Å². The number of para-hydroxylation sites is 1. The zero-order valence-corrected chi connectivity index (χ0v) is 20.6. The Bertz CT molecular complexity index is 980. The van der Waals surface area contributed by atoms with Gasteiger partial charge in [-0.1, -0.05) is 56.7 Å². The van der Waals surface area contributed by atoms with E-state index in [9.17, 15) is 14.4 Å². The summed E-state index contributed by atoms with van der Waals surface area (Å²) in [4.78, 5) is 42.5. The van der Waals surface area contributed by atoms with Crippen molar-refractivity contribution in [3.05, 3.63) is 65.2 Å². The van der Waals surface area contributed by atoms with E-state index in [4.69, 9.17) is 0 Å². The van der Waals surface area contributed by atoms with Gasteiger partial charge in [0.15, 0.2) is 0 Å². The third kappa shape index (κ3) is 6.44. The smallest absolute Gasteiger partial charge is 0.251 e. The molecule has 0 aliphatic carbocycles. The number of piperazine rings is 1. The van der Waals surface area contributed by atoms with Gasteiger partial charge in [0.25, 0.3) is 5.91 Å². The van der Waals surface area contributed by atoms with Gasteiger partial charge in [-0.05, 0) is 43.0 Å². The topological polar surface area (TPSA) is 81.8 Å². The van der Waals surface area contributed by atoms with Crippen molar-refractivity contribution < 1.29 is 14.4 Å². The molecular weight excluding hydrogens is 428 g/mol. The van der Waals surface area contributed by atoms with Crippen LogP contribution in [0.4, 0.5) is 5.69 Å². The SMILES string of the molecule is CC[C@H](C)[C@H](NC(=O)c1ccccc1)C(=O)N1CCN(CC(=O)Nc2c(C)cccc2C)CC1. The molecule has 1 heterocycles. The molecule has 2 aromatic carbocycles. The van der Waals surface area contributed by atoms with Crippen molar-refractivity contribution in [3.8, 4) is 0 Å². The number of rotatable bonds is 8. The van der Waals surface area contributed by atoms with E-state index in [0.29, 0.717) is 31.7 Å². The maximum absolute atomic E-state index is 13.3. The standard InChI is InChI=1S/C27H36N4O3/c1-5-19(2)25(29-26(33)22-12-7-6-8-13-22)27(34)31-16-14-30(15-17-31)18-23(32)28-24-20(3)10-9-11-21(24)4/h6-13,19,25H,5,14-18H2,1-4H3,(H,28,32)(H,29,33)/t19-,25-/m0/s1. The van der Waals surface area contributed by atoms with E-state index in [1.807, 2.05) is 69.0 Å². The van der Waals surface area contributed by atoms with E-state index in [2.05, 4.69) is 15.5 Å². The van der Waals surface area contributed by atoms with Gasteiger partial charge in [0.1, 0.15) is 6.04 Å². The zero-order valence-electron chi connectivity index (χ0n) is 20.6. The monoisotopic (exact) mass is 464 g/mol. The molecule has 2 aromatic rings. The predicted molar refractivity (Wildman–Crippen MR) is 135 cm³/mol. The summed E-state index contributed by atoms with van der Waals surface area (Å²) in [5.74, 6) is -0.328. The average molecular weight is 465 g/mol. The summed E-state index contributed by atoms with van der Waals surface area (Å²) in [6.45, 7) is 10.6. The number of benzene rings is 2. The normalized spacial score (nSPS) is 15.9. The fourth-order valence-corrected chi connectivity index (χ4v) is 4.21. The molecule has 3 rings (SSSR count). The van der Waals surface area contributed by atoms with Crippen LogP contribution in [0.5, 0.6) is 0 Å². The molecule has 0 aromatic heterocycles. The highest BCUT2D eigenvalue weighted by atomic mass is 16.2. The minimum atomic E-state index is -0.573. The molecule has 1 aliphatic rings. The third-order valence-electron chi connectivity index (χ3n) is 6.60. The largest absolute Gasteiger partial charge is 0.340 e. The molecule has 182 valence electrons. The summed E-state index contributed by atoms with van der Waals surface area (Å²) in [6, 6.07) is 14.3. The number of aryl methyl sites for hydroxylation is 2. The minimum absolute atomic E-state index is 0.0151. The van der Waals surface area contributed by atoms with Gasteiger partial charge in [0, 0.05) is 37.4 Å². The van der Waals surface area contributed by atoms with Crippen LogP contribution < -0.4 is 10.6 Å². The number of anilines is 1. The molecular formula is C27H36N4O3. The van der Waals surface area contributed by atoms with E-state index in [-0.39, 0.29) is 30.2 Å². The first-order valence-corrected chi connectivity index (χ1v) is 12.0. The van der Waals surface area contributed by atoms with Gasteiger partial charge in [0.05, 0.1) is 6.54 Å². The van der Waals surface area contributed by atoms with Gasteiger partial charge in [-0.2, -0.15) is 0 Å². The maximum atomic E-state index is 13.3. The van der Waals surface area contributed by atoms with Crippen LogP contribution in [0.15, 0.2) is 48.5 Å². The van der Waals surface area contributed by atoms with E-state index in [1.54, 1.807) is 12.1 Å². The molecule has 34 heavy (non-hydrogen) atoms. The summed E-state index contributed by atoms with van der Waals surface area (Å²) in [7, 11) is 0. The highest BCUT2D eigenvalue weighted by Crippen LogP contribution is 2.19. The Hall–Kier alpha value is -3.19. The number of nitrogens with one attached hydrogen (secondary N) is 2. The fourth-order valence-electron chi connectivity index (χ4n) is 4.21. The molecule has 0 saturated carbocycles. The summed E-state index contributed by atoms with van der Waals surface area (Å²) in [5.41, 5.74) is 3.49. The van der Waals surface area contributed by atoms with Crippen molar-refractivity contribution >= 4 is 23.4 Å². The van der Waals surface area contributed by atoms with Crippen molar-refractivity contribution in [1.82, 2.24) is 15.1 Å². The van der Waals surface area contributed by atoms with Crippen LogP contribution in [0.25, 0.3) is 0 Å². The number of hydrogen-bond acceptors (Lipinski definition) is 4. The van der Waals surface area contributed by atoms with Crippen LogP contribution >= 0.6 is 0 Å². The second kappa shape index (κ2) is 11.8. The summed E-state index contributed by atoms with van der Waals surface area (Å²) < 4.78 is 0. The molecule has 1 aliphatic heterocycles. The molecule has 0 spiro atoms. The lowest BCUT2D eigenvalue weighted by atomic mass is 9.97. The van der Waals surface area contributed by atoms with E-state index in [0.717, 1.165) is 23.2 Å². The summed E-state index contributed by atoms with van der Waals surface area (Å²) in [6.07, 6.45) is 0.782. The zero-order chi connectivity index (χ0) is 24.7. The Morgan fingerprint density at radius 3 is 2.12 bits per heavy atom. The lowest BCUT2D eigenvalue weighted by Gasteiger charge is -2.37. The first-order valence-electron chi connectivity index (χ1n) is 12.0. The molecule has 2 N–H and O–H groups in total. The molecule has 1 saturated heterocycles. The molecule has 1 fully saturated rings. The maximum Gasteiger partial charge on any atom is 0.251 e. The number of carbonyl (C=O) groups excluding carboxylic acids is 3. The highest BCUT2D eigenvalue weighted by Gasteiger charge is 2.32. The van der Waals surface area contributed by atoms with Crippen LogP contribution in [0, 0.1) is 19.8 Å². The Labute approximate surface area is 202 Å². The van der Waals surface area contributed by atoms with Crippen molar-refractivity contribution in [2.45, 2.75) is 40.2 Å². The van der Waals surface area contributed by atoms with Crippen LogP contribution in [0.1, 0.15) is 41.8 Å². The van der Waals surface area contributed by atoms with E-state index in [1.165, 1.54) is 0 Å². The number of hydrogen-bond donors (Lipinski definition) is 2. The first kappa shape index (κ1) is 25.4. The van der Waals surface area contributed by atoms with Crippen LogP contribution in [0.3, 0.4) is 0 Å². The van der Waals surface area contributed by atoms with Crippen LogP contribution in [-0.4, -0.2) is 66.3 Å². The van der Waals surface area contributed by atoms with E-state index >= 15 is 0 Å². The lowest BCUT2D eigenvalue weighted by molar-refractivity contribution is -0.136. The lowest BCUT2D eigenvalue weighted by Crippen LogP contribution is -2.57. The number of nitrogens with zero attached hydrogens (tertiary/aromatic N) is 2. The Morgan fingerprint density at radius 2 is 1.53 bits per heavy atom. The summed E-state index contributed by atoms with van der Waals surface area (Å²) >= 11 is 0. The van der Waals surface area contributed by atoms with Gasteiger partial charge in [-0.25, -0.2) is 0 Å².